The molecule has 0 saturated carbocycles. The molecule has 1 aromatic carbocycles. The second kappa shape index (κ2) is 15.2. The number of Topliss-reactive ketones (excluding diaryl/α,β-unsaturated/α-hetero) is 1. The Morgan fingerprint density at radius 1 is 0.941 bits per heavy atom. The summed E-state index contributed by atoms with van der Waals surface area (Å²) in [5.41, 5.74) is 0.924. The van der Waals surface area contributed by atoms with Gasteiger partial charge in [-0.3, -0.25) is 24.1 Å². The first kappa shape index (κ1) is 27.5. The number of rotatable bonds is 14. The average Bonchev–Trinajstić information content (AvgIpc) is 2.82. The van der Waals surface area contributed by atoms with Crippen LogP contribution in [0.2, 0.25) is 0 Å². The predicted molar refractivity (Wildman–Crippen MR) is 128 cm³/mol. The molecule has 2 rings (SSSR count). The lowest BCUT2D eigenvalue weighted by Crippen LogP contribution is -2.57. The third-order valence-electron chi connectivity index (χ3n) is 5.89. The van der Waals surface area contributed by atoms with Gasteiger partial charge in [0.05, 0.1) is 12.6 Å². The summed E-state index contributed by atoms with van der Waals surface area (Å²) in [5.74, 6) is -0.574. The number of amides is 1. The highest BCUT2D eigenvalue weighted by Crippen LogP contribution is 2.14. The SMILES string of the molecule is CCCCCC(=O)CN1CCN(C(=O)CCCC(=O)OCc2ccccc2)CC1COC(C)=O. The molecule has 1 saturated heterocycles. The maximum Gasteiger partial charge on any atom is 0.306 e. The van der Waals surface area contributed by atoms with E-state index in [4.69, 9.17) is 9.47 Å². The minimum Gasteiger partial charge on any atom is -0.464 e. The van der Waals surface area contributed by atoms with Crippen molar-refractivity contribution in [1.82, 2.24) is 9.80 Å². The molecule has 0 spiro atoms. The quantitative estimate of drug-likeness (QED) is 0.302. The van der Waals surface area contributed by atoms with Crippen molar-refractivity contribution >= 4 is 23.6 Å². The van der Waals surface area contributed by atoms with Crippen LogP contribution in [0.5, 0.6) is 0 Å². The van der Waals surface area contributed by atoms with Crippen LogP contribution >= 0.6 is 0 Å². The van der Waals surface area contributed by atoms with E-state index >= 15 is 0 Å². The van der Waals surface area contributed by atoms with Gasteiger partial charge in [0, 0.05) is 45.8 Å². The predicted octanol–water partition coefficient (Wildman–Crippen LogP) is 3.13. The first-order valence-corrected chi connectivity index (χ1v) is 12.3. The van der Waals surface area contributed by atoms with Gasteiger partial charge in [-0.25, -0.2) is 0 Å². The molecular weight excluding hydrogens is 436 g/mol. The van der Waals surface area contributed by atoms with Crippen molar-refractivity contribution in [2.24, 2.45) is 0 Å². The molecule has 1 unspecified atom stereocenters. The molecule has 1 aliphatic heterocycles. The molecule has 188 valence electrons. The molecular formula is C26H38N2O6. The Morgan fingerprint density at radius 3 is 2.41 bits per heavy atom. The lowest BCUT2D eigenvalue weighted by Gasteiger charge is -2.40. The van der Waals surface area contributed by atoms with Gasteiger partial charge in [0.1, 0.15) is 19.0 Å². The summed E-state index contributed by atoms with van der Waals surface area (Å²) in [5, 5.41) is 0. The fourth-order valence-electron chi connectivity index (χ4n) is 3.93. The molecule has 1 heterocycles. The van der Waals surface area contributed by atoms with Gasteiger partial charge in [0.2, 0.25) is 5.91 Å². The Morgan fingerprint density at radius 2 is 1.71 bits per heavy atom. The summed E-state index contributed by atoms with van der Waals surface area (Å²) < 4.78 is 10.5. The van der Waals surface area contributed by atoms with Gasteiger partial charge in [0.25, 0.3) is 0 Å². The molecule has 1 aromatic rings. The molecule has 1 fully saturated rings. The van der Waals surface area contributed by atoms with E-state index in [0.717, 1.165) is 24.8 Å². The zero-order valence-electron chi connectivity index (χ0n) is 20.5. The van der Waals surface area contributed by atoms with Gasteiger partial charge in [-0.2, -0.15) is 0 Å². The summed E-state index contributed by atoms with van der Waals surface area (Å²) in [6, 6.07) is 9.24. The number of esters is 2. The highest BCUT2D eigenvalue weighted by Gasteiger charge is 2.31. The van der Waals surface area contributed by atoms with Gasteiger partial charge >= 0.3 is 11.9 Å². The number of nitrogens with zero attached hydrogens (tertiary/aromatic N) is 2. The number of hydrogen-bond acceptors (Lipinski definition) is 7. The van der Waals surface area contributed by atoms with Crippen LogP contribution in [0.25, 0.3) is 0 Å². The number of benzene rings is 1. The lowest BCUT2D eigenvalue weighted by molar-refractivity contribution is -0.145. The van der Waals surface area contributed by atoms with Gasteiger partial charge in [0.15, 0.2) is 0 Å². The Hall–Kier alpha value is -2.74. The summed E-state index contributed by atoms with van der Waals surface area (Å²) in [6.07, 6.45) is 4.37. The summed E-state index contributed by atoms with van der Waals surface area (Å²) in [4.78, 5) is 52.1. The monoisotopic (exact) mass is 474 g/mol. The van der Waals surface area contributed by atoms with Gasteiger partial charge in [-0.15, -0.1) is 0 Å². The third kappa shape index (κ3) is 10.5. The summed E-state index contributed by atoms with van der Waals surface area (Å²) in [6.45, 7) is 5.59. The molecule has 1 aliphatic rings. The van der Waals surface area contributed by atoms with Gasteiger partial charge in [-0.1, -0.05) is 50.1 Å². The zero-order chi connectivity index (χ0) is 24.8. The minimum atomic E-state index is -0.383. The van der Waals surface area contributed by atoms with Crippen molar-refractivity contribution in [3.63, 3.8) is 0 Å². The molecule has 0 radical (unpaired) electrons. The molecule has 0 aromatic heterocycles. The van der Waals surface area contributed by atoms with Crippen LogP contribution < -0.4 is 0 Å². The molecule has 34 heavy (non-hydrogen) atoms. The largest absolute Gasteiger partial charge is 0.464 e. The van der Waals surface area contributed by atoms with Crippen LogP contribution in [-0.4, -0.2) is 72.3 Å². The van der Waals surface area contributed by atoms with E-state index < -0.39 is 0 Å². The van der Waals surface area contributed by atoms with Crippen molar-refractivity contribution in [3.05, 3.63) is 35.9 Å². The van der Waals surface area contributed by atoms with E-state index in [-0.39, 0.29) is 55.7 Å². The molecule has 1 atom stereocenters. The molecule has 0 N–H and O–H groups in total. The first-order chi connectivity index (χ1) is 16.4. The minimum absolute atomic E-state index is 0.0439. The molecule has 1 amide bonds. The van der Waals surface area contributed by atoms with Crippen molar-refractivity contribution in [2.45, 2.75) is 71.4 Å². The fraction of sp³-hybridized carbons (Fsp3) is 0.615. The smallest absolute Gasteiger partial charge is 0.306 e. The van der Waals surface area contributed by atoms with E-state index in [9.17, 15) is 19.2 Å². The van der Waals surface area contributed by atoms with E-state index in [1.807, 2.05) is 35.2 Å². The van der Waals surface area contributed by atoms with Crippen LogP contribution in [-0.2, 0) is 35.3 Å². The Balaban J connectivity index is 1.77. The Labute approximate surface area is 202 Å². The number of hydrogen-bond donors (Lipinski definition) is 0. The zero-order valence-corrected chi connectivity index (χ0v) is 20.5. The Bertz CT molecular complexity index is 798. The van der Waals surface area contributed by atoms with Crippen LogP contribution in [0.1, 0.15) is 64.4 Å². The summed E-state index contributed by atoms with van der Waals surface area (Å²) in [7, 11) is 0. The first-order valence-electron chi connectivity index (χ1n) is 12.3. The van der Waals surface area contributed by atoms with Crippen LogP contribution in [0.3, 0.4) is 0 Å². The van der Waals surface area contributed by atoms with Crippen LogP contribution in [0.15, 0.2) is 30.3 Å². The Kier molecular flexibility index (Phi) is 12.3. The maximum atomic E-state index is 12.7. The molecule has 8 heteroatoms. The van der Waals surface area contributed by atoms with E-state index in [2.05, 4.69) is 6.92 Å². The highest BCUT2D eigenvalue weighted by atomic mass is 16.5. The van der Waals surface area contributed by atoms with Crippen molar-refractivity contribution < 1.29 is 28.7 Å². The molecule has 0 aliphatic carbocycles. The topological polar surface area (TPSA) is 93.2 Å². The summed E-state index contributed by atoms with van der Waals surface area (Å²) >= 11 is 0. The number of carbonyl (C=O) groups excluding carboxylic acids is 4. The number of piperazine rings is 1. The number of ether oxygens (including phenoxy) is 2. The number of unbranched alkanes of at least 4 members (excludes halogenated alkanes) is 2. The second-order valence-corrected chi connectivity index (χ2v) is 8.76. The van der Waals surface area contributed by atoms with Crippen LogP contribution in [0, 0.1) is 0 Å². The lowest BCUT2D eigenvalue weighted by atomic mass is 10.1. The number of carbonyl (C=O) groups is 4. The van der Waals surface area contributed by atoms with Gasteiger partial charge in [-0.05, 0) is 18.4 Å². The third-order valence-corrected chi connectivity index (χ3v) is 5.89. The van der Waals surface area contributed by atoms with Crippen LogP contribution in [0.4, 0.5) is 0 Å². The normalized spacial score (nSPS) is 16.2. The van der Waals surface area contributed by atoms with E-state index in [0.29, 0.717) is 39.0 Å². The number of ketones is 1. The maximum absolute atomic E-state index is 12.7. The molecule has 0 bridgehead atoms. The second-order valence-electron chi connectivity index (χ2n) is 8.76. The highest BCUT2D eigenvalue weighted by molar-refractivity contribution is 5.80. The molecule has 8 nitrogen and oxygen atoms in total. The van der Waals surface area contributed by atoms with Gasteiger partial charge < -0.3 is 14.4 Å². The van der Waals surface area contributed by atoms with Crippen molar-refractivity contribution in [2.75, 3.05) is 32.8 Å². The van der Waals surface area contributed by atoms with E-state index in [1.165, 1.54) is 6.92 Å². The van der Waals surface area contributed by atoms with E-state index in [1.54, 1.807) is 4.90 Å². The fourth-order valence-corrected chi connectivity index (χ4v) is 3.93. The van der Waals surface area contributed by atoms with Crippen molar-refractivity contribution in [1.29, 1.82) is 0 Å². The van der Waals surface area contributed by atoms with Crippen molar-refractivity contribution in [3.8, 4) is 0 Å². The average molecular weight is 475 g/mol. The standard InChI is InChI=1S/C26H38N2O6/c1-3-4-6-12-24(30)18-27-15-16-28(17-23(27)20-33-21(2)29)25(31)13-9-14-26(32)34-19-22-10-7-5-8-11-22/h5,7-8,10-11,23H,3-4,6,9,12-20H2,1-2H3.